The van der Waals surface area contributed by atoms with Crippen LogP contribution in [0.25, 0.3) is 0 Å². The van der Waals surface area contributed by atoms with Gasteiger partial charge in [-0.05, 0) is 30.0 Å². The molecule has 0 aromatic carbocycles. The van der Waals surface area contributed by atoms with Gasteiger partial charge in [-0.1, -0.05) is 13.8 Å². The Balaban J connectivity index is 2.40. The summed E-state index contributed by atoms with van der Waals surface area (Å²) in [4.78, 5) is 3.94. The fourth-order valence-corrected chi connectivity index (χ4v) is 1.33. The van der Waals surface area contributed by atoms with Crippen molar-refractivity contribution in [3.63, 3.8) is 0 Å². The molecule has 0 radical (unpaired) electrons. The van der Waals surface area contributed by atoms with Gasteiger partial charge in [-0.2, -0.15) is 4.98 Å². The summed E-state index contributed by atoms with van der Waals surface area (Å²) in [5.74, 6) is 0.809. The predicted molar refractivity (Wildman–Crippen MR) is 54.5 cm³/mol. The lowest BCUT2D eigenvalue weighted by Crippen LogP contribution is -2.17. The van der Waals surface area contributed by atoms with Crippen molar-refractivity contribution < 1.29 is 4.52 Å². The minimum atomic E-state index is 0.205. The summed E-state index contributed by atoms with van der Waals surface area (Å²) in [6.45, 7) is 5.07. The zero-order chi connectivity index (χ0) is 10.6. The van der Waals surface area contributed by atoms with Crippen LogP contribution in [-0.2, 0) is 6.42 Å². The topological polar surface area (TPSA) is 91.0 Å². The van der Waals surface area contributed by atoms with Gasteiger partial charge in [0.15, 0.2) is 0 Å². The monoisotopic (exact) mass is 198 g/mol. The number of nitrogen functional groups attached to an aromatic ring is 1. The number of anilines is 1. The zero-order valence-corrected chi connectivity index (χ0v) is 8.79. The van der Waals surface area contributed by atoms with Gasteiger partial charge >= 0.3 is 0 Å². The van der Waals surface area contributed by atoms with E-state index in [1.165, 1.54) is 0 Å². The number of aromatic nitrogens is 2. The van der Waals surface area contributed by atoms with Crippen LogP contribution < -0.4 is 11.5 Å². The lowest BCUT2D eigenvalue weighted by atomic mass is 9.84. The van der Waals surface area contributed by atoms with E-state index in [1.54, 1.807) is 0 Å². The molecule has 0 unspecified atom stereocenters. The Morgan fingerprint density at radius 2 is 2.07 bits per heavy atom. The van der Waals surface area contributed by atoms with Crippen molar-refractivity contribution >= 4 is 5.95 Å². The fraction of sp³-hybridized carbons (Fsp3) is 0.778. The van der Waals surface area contributed by atoms with E-state index in [9.17, 15) is 0 Å². The van der Waals surface area contributed by atoms with Gasteiger partial charge in [-0.3, -0.25) is 0 Å². The zero-order valence-electron chi connectivity index (χ0n) is 8.79. The van der Waals surface area contributed by atoms with Crippen LogP contribution in [-0.4, -0.2) is 16.7 Å². The molecule has 0 aliphatic rings. The van der Waals surface area contributed by atoms with E-state index in [2.05, 4.69) is 24.0 Å². The maximum Gasteiger partial charge on any atom is 0.260 e. The minimum absolute atomic E-state index is 0.205. The molecule has 0 aliphatic heterocycles. The van der Waals surface area contributed by atoms with Crippen molar-refractivity contribution in [2.45, 2.75) is 33.1 Å². The molecule has 14 heavy (non-hydrogen) atoms. The molecule has 1 aromatic rings. The van der Waals surface area contributed by atoms with Crippen LogP contribution >= 0.6 is 0 Å². The van der Waals surface area contributed by atoms with Gasteiger partial charge in [-0.15, -0.1) is 0 Å². The highest BCUT2D eigenvalue weighted by Gasteiger charge is 2.18. The lowest BCUT2D eigenvalue weighted by Gasteiger charge is -2.22. The van der Waals surface area contributed by atoms with E-state index < -0.39 is 0 Å². The van der Waals surface area contributed by atoms with Crippen LogP contribution in [0.4, 0.5) is 5.95 Å². The summed E-state index contributed by atoms with van der Waals surface area (Å²) in [6.07, 6.45) is 2.74. The quantitative estimate of drug-likeness (QED) is 0.735. The van der Waals surface area contributed by atoms with Gasteiger partial charge in [-0.25, -0.2) is 0 Å². The molecule has 4 N–H and O–H groups in total. The molecule has 5 nitrogen and oxygen atoms in total. The standard InChI is InChI=1S/C9H18N4O/c1-9(2,5-6-10)4-3-7-12-8(11)13-14-7/h3-6,10H2,1-2H3,(H2,11,13). The Labute approximate surface area is 83.9 Å². The first-order valence-corrected chi connectivity index (χ1v) is 4.82. The van der Waals surface area contributed by atoms with E-state index in [-0.39, 0.29) is 11.4 Å². The van der Waals surface area contributed by atoms with Crippen LogP contribution in [0.1, 0.15) is 32.6 Å². The van der Waals surface area contributed by atoms with Crippen molar-refractivity contribution in [3.05, 3.63) is 5.89 Å². The van der Waals surface area contributed by atoms with E-state index in [4.69, 9.17) is 16.0 Å². The first kappa shape index (κ1) is 11.0. The van der Waals surface area contributed by atoms with E-state index in [1.807, 2.05) is 0 Å². The van der Waals surface area contributed by atoms with Gasteiger partial charge < -0.3 is 16.0 Å². The Kier molecular flexibility index (Phi) is 3.46. The van der Waals surface area contributed by atoms with Gasteiger partial charge in [0.2, 0.25) is 5.89 Å². The third-order valence-electron chi connectivity index (χ3n) is 2.32. The summed E-state index contributed by atoms with van der Waals surface area (Å²) < 4.78 is 4.92. The molecule has 0 fully saturated rings. The number of aryl methyl sites for hydroxylation is 1. The predicted octanol–water partition coefficient (Wildman–Crippen LogP) is 0.959. The van der Waals surface area contributed by atoms with E-state index in [0.29, 0.717) is 12.4 Å². The fourth-order valence-electron chi connectivity index (χ4n) is 1.33. The summed E-state index contributed by atoms with van der Waals surface area (Å²) in [7, 11) is 0. The SMILES string of the molecule is CC(C)(CCN)CCc1nc(N)no1. The molecule has 1 aromatic heterocycles. The van der Waals surface area contributed by atoms with Gasteiger partial charge in [0.05, 0.1) is 0 Å². The molecule has 5 heteroatoms. The van der Waals surface area contributed by atoms with E-state index in [0.717, 1.165) is 19.3 Å². The molecule has 0 bridgehead atoms. The van der Waals surface area contributed by atoms with Crippen LogP contribution in [0.5, 0.6) is 0 Å². The maximum atomic E-state index is 5.52. The number of nitrogens with two attached hydrogens (primary N) is 2. The Morgan fingerprint density at radius 1 is 1.36 bits per heavy atom. The number of nitrogens with zero attached hydrogens (tertiary/aromatic N) is 2. The molecule has 0 amide bonds. The number of hydrogen-bond acceptors (Lipinski definition) is 5. The Morgan fingerprint density at radius 3 is 2.57 bits per heavy atom. The van der Waals surface area contributed by atoms with Crippen LogP contribution in [0.3, 0.4) is 0 Å². The molecule has 1 rings (SSSR count). The van der Waals surface area contributed by atoms with Crippen LogP contribution in [0.2, 0.25) is 0 Å². The number of rotatable bonds is 5. The lowest BCUT2D eigenvalue weighted by molar-refractivity contribution is 0.289. The van der Waals surface area contributed by atoms with Crippen LogP contribution in [0, 0.1) is 5.41 Å². The summed E-state index contributed by atoms with van der Waals surface area (Å²) in [6, 6.07) is 0. The minimum Gasteiger partial charge on any atom is -0.365 e. The van der Waals surface area contributed by atoms with Crippen molar-refractivity contribution in [3.8, 4) is 0 Å². The Bertz CT molecular complexity index is 282. The third kappa shape index (κ3) is 3.33. The summed E-state index contributed by atoms with van der Waals surface area (Å²) in [5, 5.41) is 3.53. The smallest absolute Gasteiger partial charge is 0.260 e. The van der Waals surface area contributed by atoms with Crippen LogP contribution in [0.15, 0.2) is 4.52 Å². The second kappa shape index (κ2) is 4.41. The molecule has 0 aliphatic carbocycles. The number of hydrogen-bond donors (Lipinski definition) is 2. The molecule has 0 saturated heterocycles. The van der Waals surface area contributed by atoms with Crippen molar-refractivity contribution in [1.29, 1.82) is 0 Å². The molecule has 80 valence electrons. The molecular formula is C9H18N4O. The first-order valence-electron chi connectivity index (χ1n) is 4.82. The second-order valence-corrected chi connectivity index (χ2v) is 4.25. The van der Waals surface area contributed by atoms with Gasteiger partial charge in [0.25, 0.3) is 5.95 Å². The highest BCUT2D eigenvalue weighted by molar-refractivity contribution is 5.10. The van der Waals surface area contributed by atoms with Gasteiger partial charge in [0.1, 0.15) is 0 Å². The molecule has 0 spiro atoms. The third-order valence-corrected chi connectivity index (χ3v) is 2.32. The van der Waals surface area contributed by atoms with Crippen molar-refractivity contribution in [1.82, 2.24) is 10.1 Å². The molecule has 0 atom stereocenters. The van der Waals surface area contributed by atoms with Crippen molar-refractivity contribution in [2.75, 3.05) is 12.3 Å². The normalized spacial score (nSPS) is 11.9. The molecule has 0 saturated carbocycles. The summed E-state index contributed by atoms with van der Waals surface area (Å²) in [5.41, 5.74) is 11.1. The van der Waals surface area contributed by atoms with E-state index >= 15 is 0 Å². The highest BCUT2D eigenvalue weighted by Crippen LogP contribution is 2.25. The van der Waals surface area contributed by atoms with Crippen molar-refractivity contribution in [2.24, 2.45) is 11.1 Å². The summed E-state index contributed by atoms with van der Waals surface area (Å²) >= 11 is 0. The maximum absolute atomic E-state index is 5.52. The Hall–Kier alpha value is -1.10. The molecule has 1 heterocycles. The molecular weight excluding hydrogens is 180 g/mol. The average Bonchev–Trinajstić information content (AvgIpc) is 2.48. The highest BCUT2D eigenvalue weighted by atomic mass is 16.5. The van der Waals surface area contributed by atoms with Gasteiger partial charge in [0, 0.05) is 6.42 Å². The second-order valence-electron chi connectivity index (χ2n) is 4.25. The average molecular weight is 198 g/mol. The largest absolute Gasteiger partial charge is 0.365 e. The first-order chi connectivity index (χ1) is 6.53.